The fraction of sp³-hybridized carbons (Fsp3) is 0.809. The van der Waals surface area contributed by atoms with E-state index in [1.54, 1.807) is 5.38 Å². The number of ether oxygens (including phenoxy) is 1. The number of allylic oxidation sites excluding steroid dienone is 2. The van der Waals surface area contributed by atoms with E-state index < -0.39 is 22.8 Å². The monoisotopic (exact) mass is 821 g/mol. The van der Waals surface area contributed by atoms with E-state index in [9.17, 15) is 24.3 Å². The van der Waals surface area contributed by atoms with Gasteiger partial charge in [-0.05, 0) is 136 Å². The number of anilines is 1. The predicted molar refractivity (Wildman–Crippen MR) is 228 cm³/mol. The van der Waals surface area contributed by atoms with Gasteiger partial charge in [0.15, 0.2) is 10.9 Å². The lowest BCUT2D eigenvalue weighted by Gasteiger charge is -2.72. The number of ketones is 1. The molecule has 58 heavy (non-hydrogen) atoms. The first-order valence-electron chi connectivity index (χ1n) is 22.3. The number of fused-ring (bicyclic) bond motifs is 7. The number of aromatic nitrogens is 1. The second-order valence-corrected chi connectivity index (χ2v) is 23.5. The second-order valence-electron chi connectivity index (χ2n) is 22.6. The minimum Gasteiger partial charge on any atom is -0.481 e. The number of Topliss-reactive ketones (excluding diaryl/α,β-unsaturated/α-hetero) is 1. The molecule has 5 saturated carbocycles. The van der Waals surface area contributed by atoms with Crippen molar-refractivity contribution in [3.8, 4) is 0 Å². The zero-order valence-corrected chi connectivity index (χ0v) is 38.0. The number of carbonyl (C=O) groups excluding carboxylic acids is 3. The first-order valence-corrected chi connectivity index (χ1v) is 23.2. The summed E-state index contributed by atoms with van der Waals surface area (Å²) in [5.74, 6) is -0.299. The van der Waals surface area contributed by atoms with Gasteiger partial charge in [0.1, 0.15) is 11.8 Å². The molecule has 1 amide bonds. The van der Waals surface area contributed by atoms with Crippen LogP contribution in [-0.2, 0) is 19.1 Å². The summed E-state index contributed by atoms with van der Waals surface area (Å²) in [4.78, 5) is 56.6. The number of esters is 1. The summed E-state index contributed by atoms with van der Waals surface area (Å²) in [6.07, 6.45) is 10.2. The van der Waals surface area contributed by atoms with Crippen LogP contribution in [0.4, 0.5) is 5.13 Å². The van der Waals surface area contributed by atoms with Crippen molar-refractivity contribution in [1.29, 1.82) is 0 Å². The minimum absolute atomic E-state index is 0.0657. The molecule has 0 bridgehead atoms. The van der Waals surface area contributed by atoms with Crippen LogP contribution in [0.2, 0.25) is 0 Å². The number of thiazole rings is 1. The van der Waals surface area contributed by atoms with Crippen LogP contribution in [0.3, 0.4) is 0 Å². The molecule has 0 saturated heterocycles. The third-order valence-corrected chi connectivity index (χ3v) is 18.9. The van der Waals surface area contributed by atoms with Crippen molar-refractivity contribution in [3.63, 3.8) is 0 Å². The Morgan fingerprint density at radius 1 is 0.948 bits per heavy atom. The van der Waals surface area contributed by atoms with Crippen LogP contribution in [0, 0.1) is 68.0 Å². The third kappa shape index (κ3) is 6.60. The lowest BCUT2D eigenvalue weighted by molar-refractivity contribution is -0.236. The van der Waals surface area contributed by atoms with Gasteiger partial charge in [-0.15, -0.1) is 11.3 Å². The van der Waals surface area contributed by atoms with E-state index in [1.807, 2.05) is 27.7 Å². The van der Waals surface area contributed by atoms with Gasteiger partial charge in [-0.25, -0.2) is 4.98 Å². The molecule has 322 valence electrons. The molecule has 0 unspecified atom stereocenters. The highest BCUT2D eigenvalue weighted by molar-refractivity contribution is 7.13. The van der Waals surface area contributed by atoms with Crippen LogP contribution in [-0.4, -0.2) is 58.5 Å². The Morgan fingerprint density at radius 3 is 2.28 bits per heavy atom. The van der Waals surface area contributed by atoms with Gasteiger partial charge in [0.05, 0.1) is 11.8 Å². The van der Waals surface area contributed by atoms with Crippen LogP contribution in [0.1, 0.15) is 157 Å². The number of hydrogen-bond donors (Lipinski definition) is 4. The highest BCUT2D eigenvalue weighted by Crippen LogP contribution is 2.77. The lowest BCUT2D eigenvalue weighted by atomic mass is 9.33. The molecule has 1 aromatic heterocycles. The molecule has 11 heteroatoms. The van der Waals surface area contributed by atoms with Crippen molar-refractivity contribution in [2.24, 2.45) is 68.0 Å². The van der Waals surface area contributed by atoms with E-state index in [-0.39, 0.29) is 56.9 Å². The van der Waals surface area contributed by atoms with Crippen molar-refractivity contribution < 1.29 is 29.0 Å². The number of carbonyl (C=O) groups is 4. The zero-order valence-electron chi connectivity index (χ0n) is 37.2. The molecule has 1 heterocycles. The molecule has 0 aromatic carbocycles. The highest BCUT2D eigenvalue weighted by atomic mass is 32.1. The standard InChI is InChI=1S/C47H72N4O6S/c1-26(2)35-31(52)23-47(20-21-49-25-41(3,4)51-37(53)30-24-58-40(48)50-30)19-18-45(10)27(36(35)47)12-13-33-44(9)16-15-34(43(7,8)32(44)14-17-46(33,45)11)57-39(56)29-22-28(38(54)55)42(29,5)6/h24,26-29,32-34,49H,12-23,25H2,1-11H3,(H2,48,50)(H,51,53)(H,54,55)/t27-,28+,29-,32+,33-,34+,44+,45-,46-,47-/m1/s1. The van der Waals surface area contributed by atoms with Gasteiger partial charge in [0, 0.05) is 34.7 Å². The summed E-state index contributed by atoms with van der Waals surface area (Å²) in [6, 6.07) is 0. The molecule has 1 aromatic rings. The molecule has 10 nitrogen and oxygen atoms in total. The SMILES string of the molecule is CC(C)C1=C2[C@H]3CC[C@@H]4[C@@]5(C)CC[C@H](OC(=O)[C@H]6C[C@@H](C(=O)O)C6(C)C)C(C)(C)[C@@H]5CC[C@@]4(C)[C@]3(C)CC[C@@]2(CCNCC(C)(C)NC(=O)c2csc(N)n2)CC1=O. The normalized spacial score (nSPS) is 38.9. The first kappa shape index (κ1) is 43.3. The van der Waals surface area contributed by atoms with Gasteiger partial charge in [0.25, 0.3) is 5.91 Å². The van der Waals surface area contributed by atoms with E-state index in [2.05, 4.69) is 64.1 Å². The number of nitrogen functional groups attached to an aromatic ring is 1. The number of amides is 1. The average molecular weight is 821 g/mol. The van der Waals surface area contributed by atoms with Crippen LogP contribution in [0.5, 0.6) is 0 Å². The summed E-state index contributed by atoms with van der Waals surface area (Å²) in [5, 5.41) is 18.5. The van der Waals surface area contributed by atoms with Crippen LogP contribution in [0.25, 0.3) is 0 Å². The number of carboxylic acid groups (broad SMARTS) is 1. The Labute approximate surface area is 351 Å². The maximum atomic E-state index is 14.1. The van der Waals surface area contributed by atoms with Crippen molar-refractivity contribution in [1.82, 2.24) is 15.6 Å². The molecule has 7 rings (SSSR count). The fourth-order valence-corrected chi connectivity index (χ4v) is 15.3. The minimum atomic E-state index is -0.827. The van der Waals surface area contributed by atoms with E-state index in [0.717, 1.165) is 69.9 Å². The highest BCUT2D eigenvalue weighted by Gasteiger charge is 2.70. The zero-order chi connectivity index (χ0) is 42.6. The largest absolute Gasteiger partial charge is 0.481 e. The number of nitrogens with one attached hydrogen (secondary N) is 2. The Hall–Kier alpha value is -2.79. The number of carboxylic acids is 1. The summed E-state index contributed by atoms with van der Waals surface area (Å²) in [5.41, 5.74) is 7.55. The molecule has 0 radical (unpaired) electrons. The molecule has 0 aliphatic heterocycles. The second kappa shape index (κ2) is 14.4. The van der Waals surface area contributed by atoms with Gasteiger partial charge in [-0.1, -0.05) is 67.9 Å². The summed E-state index contributed by atoms with van der Waals surface area (Å²) in [7, 11) is 0. The Morgan fingerprint density at radius 2 is 1.66 bits per heavy atom. The van der Waals surface area contributed by atoms with E-state index in [1.165, 1.54) is 16.9 Å². The van der Waals surface area contributed by atoms with Gasteiger partial charge in [-0.3, -0.25) is 19.2 Å². The summed E-state index contributed by atoms with van der Waals surface area (Å²) >= 11 is 1.26. The van der Waals surface area contributed by atoms with E-state index in [0.29, 0.717) is 53.7 Å². The van der Waals surface area contributed by atoms with Gasteiger partial charge in [-0.2, -0.15) is 0 Å². The maximum Gasteiger partial charge on any atom is 0.309 e. The quantitative estimate of drug-likeness (QED) is 0.126. The average Bonchev–Trinajstić information content (AvgIpc) is 3.68. The van der Waals surface area contributed by atoms with Gasteiger partial charge >= 0.3 is 11.9 Å². The van der Waals surface area contributed by atoms with Gasteiger partial charge < -0.3 is 26.2 Å². The molecule has 5 fully saturated rings. The van der Waals surface area contributed by atoms with Crippen LogP contribution >= 0.6 is 11.3 Å². The molecule has 10 atom stereocenters. The van der Waals surface area contributed by atoms with E-state index in [4.69, 9.17) is 10.5 Å². The number of rotatable bonds is 11. The molecule has 5 N–H and O–H groups in total. The molecule has 0 spiro atoms. The van der Waals surface area contributed by atoms with Crippen molar-refractivity contribution in [2.75, 3.05) is 18.8 Å². The van der Waals surface area contributed by atoms with Crippen LogP contribution < -0.4 is 16.4 Å². The predicted octanol–water partition coefficient (Wildman–Crippen LogP) is 8.85. The topological polar surface area (TPSA) is 161 Å². The summed E-state index contributed by atoms with van der Waals surface area (Å²) in [6.45, 7) is 26.0. The molecular weight excluding hydrogens is 749 g/mol. The molecule has 6 aliphatic rings. The first-order chi connectivity index (χ1) is 26.8. The Bertz CT molecular complexity index is 1880. The van der Waals surface area contributed by atoms with Crippen molar-refractivity contribution in [2.45, 2.75) is 158 Å². The fourth-order valence-electron chi connectivity index (χ4n) is 14.7. The number of nitrogens with zero attached hydrogens (tertiary/aromatic N) is 1. The smallest absolute Gasteiger partial charge is 0.309 e. The van der Waals surface area contributed by atoms with Crippen molar-refractivity contribution in [3.05, 3.63) is 22.2 Å². The lowest BCUT2D eigenvalue weighted by Crippen LogP contribution is -2.66. The van der Waals surface area contributed by atoms with Crippen molar-refractivity contribution >= 4 is 40.1 Å². The maximum absolute atomic E-state index is 14.1. The number of hydrogen-bond acceptors (Lipinski definition) is 9. The Kier molecular flexibility index (Phi) is 10.8. The third-order valence-electron chi connectivity index (χ3n) is 18.2. The number of aliphatic carboxylic acids is 1. The Balaban J connectivity index is 1.07. The summed E-state index contributed by atoms with van der Waals surface area (Å²) < 4.78 is 6.43. The molecule has 6 aliphatic carbocycles. The van der Waals surface area contributed by atoms with Gasteiger partial charge in [0.2, 0.25) is 0 Å². The molecular formula is C47H72N4O6S. The number of nitrogens with two attached hydrogens (primary N) is 1. The van der Waals surface area contributed by atoms with E-state index >= 15 is 0 Å². The van der Waals surface area contributed by atoms with Crippen LogP contribution in [0.15, 0.2) is 16.5 Å².